The van der Waals surface area contributed by atoms with Crippen molar-refractivity contribution in [3.8, 4) is 0 Å². The van der Waals surface area contributed by atoms with Gasteiger partial charge in [-0.2, -0.15) is 0 Å². The normalized spacial score (nSPS) is 25.2. The van der Waals surface area contributed by atoms with Gasteiger partial charge in [0.1, 0.15) is 0 Å². The number of halogens is 1. The zero-order chi connectivity index (χ0) is 14.0. The number of piperidine rings is 1. The monoisotopic (exact) mass is 275 g/mol. The Kier molecular flexibility index (Phi) is 4.53. The van der Waals surface area contributed by atoms with Crippen LogP contribution in [0.5, 0.6) is 0 Å². The van der Waals surface area contributed by atoms with Crippen LogP contribution in [0.4, 0.5) is 9.18 Å². The number of nitrogens with zero attached hydrogens (tertiary/aromatic N) is 1. The minimum atomic E-state index is -1.93. The number of likely N-dealkylation sites (tertiary alicyclic amines) is 1. The first-order valence-electron chi connectivity index (χ1n) is 6.26. The molecule has 4 nitrogen and oxygen atoms in total. The van der Waals surface area contributed by atoms with E-state index in [2.05, 4.69) is 19.6 Å². The molecular formula is C12H22FNO3Si. The van der Waals surface area contributed by atoms with Gasteiger partial charge in [-0.1, -0.05) is 19.6 Å². The van der Waals surface area contributed by atoms with Gasteiger partial charge >= 0.3 is 6.09 Å². The van der Waals surface area contributed by atoms with E-state index in [0.717, 1.165) is 6.04 Å². The molecule has 1 aliphatic heterocycles. The molecule has 0 aliphatic carbocycles. The van der Waals surface area contributed by atoms with Crippen LogP contribution in [0.15, 0.2) is 0 Å². The number of alkyl halides is 1. The van der Waals surface area contributed by atoms with Gasteiger partial charge in [-0.15, -0.1) is 0 Å². The van der Waals surface area contributed by atoms with E-state index in [9.17, 15) is 14.0 Å². The molecule has 0 bridgehead atoms. The second-order valence-corrected chi connectivity index (χ2v) is 11.8. The van der Waals surface area contributed by atoms with Gasteiger partial charge in [-0.25, -0.2) is 9.18 Å². The van der Waals surface area contributed by atoms with Crippen LogP contribution < -0.4 is 0 Å². The Morgan fingerprint density at radius 2 is 2.11 bits per heavy atom. The van der Waals surface area contributed by atoms with Crippen molar-refractivity contribution >= 4 is 20.0 Å². The van der Waals surface area contributed by atoms with Crippen molar-refractivity contribution in [2.75, 3.05) is 19.7 Å². The molecule has 0 aromatic heterocycles. The highest BCUT2D eigenvalue weighted by Gasteiger charge is 2.40. The first-order valence-corrected chi connectivity index (χ1v) is 9.96. The second kappa shape index (κ2) is 5.38. The number of ether oxygens (including phenoxy) is 1. The molecule has 18 heavy (non-hydrogen) atoms. The summed E-state index contributed by atoms with van der Waals surface area (Å²) in [5.74, 6) is -0.436. The minimum Gasteiger partial charge on any atom is -0.450 e. The molecule has 1 saturated heterocycles. The number of hydrogen-bond acceptors (Lipinski definition) is 3. The predicted molar refractivity (Wildman–Crippen MR) is 70.2 cm³/mol. The van der Waals surface area contributed by atoms with Crippen LogP contribution in [0.1, 0.15) is 13.3 Å². The number of ketones is 1. The van der Waals surface area contributed by atoms with Crippen molar-refractivity contribution in [1.82, 2.24) is 4.90 Å². The molecule has 1 rings (SSSR count). The van der Waals surface area contributed by atoms with Crippen LogP contribution in [-0.4, -0.2) is 50.2 Å². The van der Waals surface area contributed by atoms with E-state index < -0.39 is 25.6 Å². The molecular weight excluding hydrogens is 253 g/mol. The summed E-state index contributed by atoms with van der Waals surface area (Å²) >= 11 is 0. The van der Waals surface area contributed by atoms with Gasteiger partial charge in [0.2, 0.25) is 0 Å². The Morgan fingerprint density at radius 1 is 1.50 bits per heavy atom. The van der Waals surface area contributed by atoms with Crippen LogP contribution in [0.25, 0.3) is 0 Å². The van der Waals surface area contributed by atoms with Crippen molar-refractivity contribution in [1.29, 1.82) is 0 Å². The lowest BCUT2D eigenvalue weighted by Crippen LogP contribution is -2.52. The van der Waals surface area contributed by atoms with Crippen molar-refractivity contribution < 1.29 is 18.7 Å². The second-order valence-electron chi connectivity index (χ2n) is 6.22. The number of carbonyl (C=O) groups is 2. The first kappa shape index (κ1) is 15.1. The summed E-state index contributed by atoms with van der Waals surface area (Å²) in [6, 6.07) is 0.887. The topological polar surface area (TPSA) is 46.6 Å². The van der Waals surface area contributed by atoms with E-state index in [1.54, 1.807) is 0 Å². The maximum absolute atomic E-state index is 13.8. The number of rotatable bonds is 3. The molecule has 0 spiro atoms. The van der Waals surface area contributed by atoms with Crippen LogP contribution >= 0.6 is 0 Å². The number of carbonyl (C=O) groups excluding carboxylic acids is 2. The Bertz CT molecular complexity index is 339. The fraction of sp³-hybridized carbons (Fsp3) is 0.833. The van der Waals surface area contributed by atoms with Gasteiger partial charge in [-0.3, -0.25) is 4.79 Å². The fourth-order valence-corrected chi connectivity index (χ4v) is 2.43. The van der Waals surface area contributed by atoms with Gasteiger partial charge in [0.15, 0.2) is 11.5 Å². The van der Waals surface area contributed by atoms with Crippen LogP contribution in [0, 0.1) is 0 Å². The number of hydrogen-bond donors (Lipinski definition) is 0. The third kappa shape index (κ3) is 4.40. The SMILES string of the molecule is CC1(F)CN(C(=O)OCC[Si](C)(C)C)CCC1=O. The smallest absolute Gasteiger partial charge is 0.409 e. The molecule has 1 unspecified atom stereocenters. The van der Waals surface area contributed by atoms with Crippen LogP contribution in [0.3, 0.4) is 0 Å². The zero-order valence-electron chi connectivity index (χ0n) is 11.6. The van der Waals surface area contributed by atoms with Gasteiger partial charge in [0.25, 0.3) is 0 Å². The van der Waals surface area contributed by atoms with E-state index in [1.807, 2.05) is 0 Å². The molecule has 0 aromatic carbocycles. The summed E-state index contributed by atoms with van der Waals surface area (Å²) in [7, 11) is -1.24. The molecule has 1 amide bonds. The lowest BCUT2D eigenvalue weighted by atomic mass is 9.96. The Labute approximate surface area is 108 Å². The quantitative estimate of drug-likeness (QED) is 0.743. The van der Waals surface area contributed by atoms with E-state index >= 15 is 0 Å². The van der Waals surface area contributed by atoms with Gasteiger partial charge in [0, 0.05) is 21.0 Å². The minimum absolute atomic E-state index is 0.0656. The lowest BCUT2D eigenvalue weighted by molar-refractivity contribution is -0.133. The summed E-state index contributed by atoms with van der Waals surface area (Å²) in [5.41, 5.74) is -1.93. The predicted octanol–water partition coefficient (Wildman–Crippen LogP) is 2.46. The molecule has 1 atom stereocenters. The summed E-state index contributed by atoms with van der Waals surface area (Å²) < 4.78 is 18.9. The third-order valence-corrected chi connectivity index (χ3v) is 4.72. The Hall–Kier alpha value is -0.913. The lowest BCUT2D eigenvalue weighted by Gasteiger charge is -2.33. The van der Waals surface area contributed by atoms with E-state index in [4.69, 9.17) is 4.74 Å². The average Bonchev–Trinajstić information content (AvgIpc) is 2.20. The van der Waals surface area contributed by atoms with Crippen LogP contribution in [-0.2, 0) is 9.53 Å². The summed E-state index contributed by atoms with van der Waals surface area (Å²) in [5, 5.41) is 0. The van der Waals surface area contributed by atoms with Crippen molar-refractivity contribution in [2.24, 2.45) is 0 Å². The van der Waals surface area contributed by atoms with Crippen LogP contribution in [0.2, 0.25) is 25.7 Å². The highest BCUT2D eigenvalue weighted by Crippen LogP contribution is 2.22. The van der Waals surface area contributed by atoms with E-state index in [-0.39, 0.29) is 19.5 Å². The largest absolute Gasteiger partial charge is 0.450 e. The molecule has 104 valence electrons. The molecule has 0 aromatic rings. The maximum Gasteiger partial charge on any atom is 0.409 e. The molecule has 1 heterocycles. The maximum atomic E-state index is 13.8. The van der Waals surface area contributed by atoms with E-state index in [1.165, 1.54) is 11.8 Å². The zero-order valence-corrected chi connectivity index (χ0v) is 12.6. The van der Waals surface area contributed by atoms with Gasteiger partial charge < -0.3 is 9.64 Å². The molecule has 1 aliphatic rings. The van der Waals surface area contributed by atoms with Gasteiger partial charge in [0.05, 0.1) is 13.2 Å². The van der Waals surface area contributed by atoms with Crippen molar-refractivity contribution in [3.05, 3.63) is 0 Å². The van der Waals surface area contributed by atoms with Gasteiger partial charge in [-0.05, 0) is 13.0 Å². The molecule has 1 fully saturated rings. The van der Waals surface area contributed by atoms with Crippen molar-refractivity contribution in [3.63, 3.8) is 0 Å². The Balaban J connectivity index is 2.41. The standard InChI is InChI=1S/C12H22FNO3Si/c1-12(13)9-14(6-5-10(12)15)11(16)17-7-8-18(2,3)4/h5-9H2,1-4H3. The third-order valence-electron chi connectivity index (χ3n) is 3.01. The summed E-state index contributed by atoms with van der Waals surface area (Å²) in [6.07, 6.45) is -0.444. The van der Waals surface area contributed by atoms with E-state index in [0.29, 0.717) is 6.61 Å². The summed E-state index contributed by atoms with van der Waals surface area (Å²) in [4.78, 5) is 24.3. The molecule has 0 N–H and O–H groups in total. The molecule has 0 saturated carbocycles. The highest BCUT2D eigenvalue weighted by molar-refractivity contribution is 6.76. The summed E-state index contributed by atoms with van der Waals surface area (Å²) in [6.45, 7) is 8.23. The number of Topliss-reactive ketones (excluding diaryl/α,β-unsaturated/α-hetero) is 1. The first-order chi connectivity index (χ1) is 8.12. The molecule has 6 heteroatoms. The average molecular weight is 275 g/mol. The highest BCUT2D eigenvalue weighted by atomic mass is 28.3. The molecule has 0 radical (unpaired) electrons. The number of amides is 1. The fourth-order valence-electron chi connectivity index (χ4n) is 1.71. The van der Waals surface area contributed by atoms with Crippen molar-refractivity contribution in [2.45, 2.75) is 44.7 Å². The Morgan fingerprint density at radius 3 is 2.61 bits per heavy atom.